The van der Waals surface area contributed by atoms with Gasteiger partial charge in [0.15, 0.2) is 0 Å². The summed E-state index contributed by atoms with van der Waals surface area (Å²) in [6.07, 6.45) is 0. The van der Waals surface area contributed by atoms with Crippen LogP contribution in [0.2, 0.25) is 0 Å². The molecule has 3 rings (SSSR count). The fourth-order valence-corrected chi connectivity index (χ4v) is 2.35. The van der Waals surface area contributed by atoms with Crippen molar-refractivity contribution in [2.24, 2.45) is 0 Å². The average molecular weight is 293 g/mol. The van der Waals surface area contributed by atoms with Crippen LogP contribution in [0.25, 0.3) is 0 Å². The van der Waals surface area contributed by atoms with Crippen LogP contribution in [0.5, 0.6) is 0 Å². The Labute approximate surface area is 126 Å². The van der Waals surface area contributed by atoms with Gasteiger partial charge in [-0.15, -0.1) is 0 Å². The molecule has 3 N–H and O–H groups in total. The standard InChI is InChI=1S/C17H15N3O2/c21-15-11-14(19-17(22)20-15)18-16(12-7-3-1-4-8-12)13-9-5-2-6-10-13/h1-11,16H,(H3,18,19,20,21,22). The number of hydrogen-bond acceptors (Lipinski definition) is 3. The molecule has 0 atom stereocenters. The normalized spacial score (nSPS) is 10.6. The van der Waals surface area contributed by atoms with Gasteiger partial charge in [0.05, 0.1) is 6.04 Å². The van der Waals surface area contributed by atoms with Crippen LogP contribution in [0.3, 0.4) is 0 Å². The first-order chi connectivity index (χ1) is 10.7. The molecule has 110 valence electrons. The molecule has 5 nitrogen and oxygen atoms in total. The van der Waals surface area contributed by atoms with E-state index in [0.29, 0.717) is 5.82 Å². The van der Waals surface area contributed by atoms with Crippen molar-refractivity contribution < 1.29 is 0 Å². The maximum Gasteiger partial charge on any atom is 0.327 e. The lowest BCUT2D eigenvalue weighted by Crippen LogP contribution is -2.24. The number of H-pyrrole nitrogens is 2. The highest BCUT2D eigenvalue weighted by Crippen LogP contribution is 2.24. The molecule has 22 heavy (non-hydrogen) atoms. The minimum Gasteiger partial charge on any atom is -0.360 e. The van der Waals surface area contributed by atoms with Gasteiger partial charge in [0, 0.05) is 6.07 Å². The molecule has 0 aliphatic rings. The number of aromatic amines is 2. The van der Waals surface area contributed by atoms with Gasteiger partial charge in [-0.05, 0) is 11.1 Å². The van der Waals surface area contributed by atoms with Crippen LogP contribution in [0.4, 0.5) is 5.82 Å². The Kier molecular flexibility index (Phi) is 3.87. The molecule has 0 aliphatic heterocycles. The number of anilines is 1. The van der Waals surface area contributed by atoms with E-state index in [1.165, 1.54) is 6.07 Å². The predicted octanol–water partition coefficient (Wildman–Crippen LogP) is 2.26. The summed E-state index contributed by atoms with van der Waals surface area (Å²) in [4.78, 5) is 27.6. The van der Waals surface area contributed by atoms with Crippen molar-refractivity contribution in [2.45, 2.75) is 6.04 Å². The number of benzene rings is 2. The van der Waals surface area contributed by atoms with Gasteiger partial charge in [-0.3, -0.25) is 14.8 Å². The van der Waals surface area contributed by atoms with E-state index >= 15 is 0 Å². The first kappa shape index (κ1) is 13.9. The second kappa shape index (κ2) is 6.13. The molecule has 0 saturated heterocycles. The van der Waals surface area contributed by atoms with Gasteiger partial charge >= 0.3 is 5.69 Å². The van der Waals surface area contributed by atoms with Crippen molar-refractivity contribution in [3.05, 3.63) is 98.7 Å². The lowest BCUT2D eigenvalue weighted by atomic mass is 9.99. The van der Waals surface area contributed by atoms with Crippen LogP contribution in [0, 0.1) is 0 Å². The fourth-order valence-electron chi connectivity index (χ4n) is 2.35. The highest BCUT2D eigenvalue weighted by atomic mass is 16.2. The summed E-state index contributed by atoms with van der Waals surface area (Å²) in [5.41, 5.74) is 1.10. The first-order valence-corrected chi connectivity index (χ1v) is 6.92. The van der Waals surface area contributed by atoms with Crippen molar-refractivity contribution in [1.29, 1.82) is 0 Å². The highest BCUT2D eigenvalue weighted by Gasteiger charge is 2.14. The van der Waals surface area contributed by atoms with Crippen LogP contribution in [0.1, 0.15) is 17.2 Å². The summed E-state index contributed by atoms with van der Waals surface area (Å²) in [6.45, 7) is 0. The summed E-state index contributed by atoms with van der Waals surface area (Å²) < 4.78 is 0. The molecule has 1 aromatic heterocycles. The van der Waals surface area contributed by atoms with E-state index in [2.05, 4.69) is 15.3 Å². The van der Waals surface area contributed by atoms with Crippen LogP contribution in [-0.2, 0) is 0 Å². The van der Waals surface area contributed by atoms with E-state index in [1.54, 1.807) is 0 Å². The van der Waals surface area contributed by atoms with E-state index < -0.39 is 11.2 Å². The third-order valence-corrected chi connectivity index (χ3v) is 3.33. The molecule has 2 aromatic carbocycles. The van der Waals surface area contributed by atoms with Crippen LogP contribution in [0.15, 0.2) is 76.3 Å². The summed E-state index contributed by atoms with van der Waals surface area (Å²) in [7, 11) is 0. The smallest absolute Gasteiger partial charge is 0.327 e. The Balaban J connectivity index is 2.03. The first-order valence-electron chi connectivity index (χ1n) is 6.92. The molecule has 0 saturated carbocycles. The van der Waals surface area contributed by atoms with E-state index in [1.807, 2.05) is 60.7 Å². The molecule has 0 aliphatic carbocycles. The van der Waals surface area contributed by atoms with Gasteiger partial charge < -0.3 is 5.32 Å². The van der Waals surface area contributed by atoms with E-state index in [0.717, 1.165) is 11.1 Å². The lowest BCUT2D eigenvalue weighted by Gasteiger charge is -2.20. The molecule has 1 heterocycles. The molecule has 0 unspecified atom stereocenters. The summed E-state index contributed by atoms with van der Waals surface area (Å²) in [5.74, 6) is 0.381. The van der Waals surface area contributed by atoms with Gasteiger partial charge in [0.25, 0.3) is 5.56 Å². The van der Waals surface area contributed by atoms with Crippen molar-refractivity contribution in [2.75, 3.05) is 5.32 Å². The minimum atomic E-state index is -0.533. The second-order valence-electron chi connectivity index (χ2n) is 4.90. The van der Waals surface area contributed by atoms with Crippen molar-refractivity contribution in [3.8, 4) is 0 Å². The topological polar surface area (TPSA) is 77.8 Å². The quantitative estimate of drug-likeness (QED) is 0.690. The van der Waals surface area contributed by atoms with Gasteiger partial charge in [-0.2, -0.15) is 0 Å². The van der Waals surface area contributed by atoms with E-state index in [9.17, 15) is 9.59 Å². The largest absolute Gasteiger partial charge is 0.360 e. The van der Waals surface area contributed by atoms with Crippen LogP contribution < -0.4 is 16.6 Å². The predicted molar refractivity (Wildman–Crippen MR) is 86.0 cm³/mol. The zero-order valence-electron chi connectivity index (χ0n) is 11.7. The zero-order chi connectivity index (χ0) is 15.4. The number of rotatable bonds is 4. The maximum atomic E-state index is 11.5. The van der Waals surface area contributed by atoms with Gasteiger partial charge in [-0.25, -0.2) is 4.79 Å². The number of hydrogen-bond donors (Lipinski definition) is 3. The van der Waals surface area contributed by atoms with Crippen molar-refractivity contribution >= 4 is 5.82 Å². The molecular weight excluding hydrogens is 278 g/mol. The molecule has 0 fully saturated rings. The maximum absolute atomic E-state index is 11.5. The molecule has 0 amide bonds. The number of aromatic nitrogens is 2. The average Bonchev–Trinajstić information content (AvgIpc) is 2.53. The van der Waals surface area contributed by atoms with Crippen LogP contribution in [-0.4, -0.2) is 9.97 Å². The molecule has 5 heteroatoms. The SMILES string of the molecule is O=c1cc(NC(c2ccccc2)c2ccccc2)[nH]c(=O)[nH]1. The molecule has 0 bridgehead atoms. The molecule has 0 spiro atoms. The van der Waals surface area contributed by atoms with Crippen molar-refractivity contribution in [1.82, 2.24) is 9.97 Å². The number of nitrogens with one attached hydrogen (secondary N) is 3. The van der Waals surface area contributed by atoms with Gasteiger partial charge in [0.1, 0.15) is 5.82 Å². The van der Waals surface area contributed by atoms with E-state index in [-0.39, 0.29) is 6.04 Å². The van der Waals surface area contributed by atoms with Gasteiger partial charge in [-0.1, -0.05) is 60.7 Å². The minimum absolute atomic E-state index is 0.167. The molecule has 3 aromatic rings. The summed E-state index contributed by atoms with van der Waals surface area (Å²) in [6, 6.07) is 20.8. The lowest BCUT2D eigenvalue weighted by molar-refractivity contribution is 0.910. The third kappa shape index (κ3) is 3.15. The highest BCUT2D eigenvalue weighted by molar-refractivity contribution is 5.43. The summed E-state index contributed by atoms with van der Waals surface area (Å²) >= 11 is 0. The van der Waals surface area contributed by atoms with Crippen LogP contribution >= 0.6 is 0 Å². The van der Waals surface area contributed by atoms with E-state index in [4.69, 9.17) is 0 Å². The Hall–Kier alpha value is -3.08. The Morgan fingerprint density at radius 2 is 1.32 bits per heavy atom. The second-order valence-corrected chi connectivity index (χ2v) is 4.90. The Morgan fingerprint density at radius 1 is 0.773 bits per heavy atom. The Morgan fingerprint density at radius 3 is 1.82 bits per heavy atom. The Bertz CT molecular complexity index is 786. The van der Waals surface area contributed by atoms with Gasteiger partial charge in [0.2, 0.25) is 0 Å². The monoisotopic (exact) mass is 293 g/mol. The third-order valence-electron chi connectivity index (χ3n) is 3.33. The summed E-state index contributed by atoms with van der Waals surface area (Å²) in [5, 5.41) is 3.22. The molecular formula is C17H15N3O2. The fraction of sp³-hybridized carbons (Fsp3) is 0.0588. The zero-order valence-corrected chi connectivity index (χ0v) is 11.7. The van der Waals surface area contributed by atoms with Crippen molar-refractivity contribution in [3.63, 3.8) is 0 Å². The molecule has 0 radical (unpaired) electrons.